The van der Waals surface area contributed by atoms with Gasteiger partial charge in [0, 0.05) is 13.1 Å². The summed E-state index contributed by atoms with van der Waals surface area (Å²) in [4.78, 5) is 39.4. The Bertz CT molecular complexity index is 411. The van der Waals surface area contributed by atoms with Gasteiger partial charge in [-0.2, -0.15) is 0 Å². The number of urea groups is 1. The van der Waals surface area contributed by atoms with Crippen molar-refractivity contribution in [1.29, 1.82) is 0 Å². The van der Waals surface area contributed by atoms with Gasteiger partial charge in [0.05, 0.1) is 0 Å². The van der Waals surface area contributed by atoms with Crippen LogP contribution in [0.25, 0.3) is 0 Å². The van der Waals surface area contributed by atoms with Crippen molar-refractivity contribution in [1.82, 2.24) is 15.1 Å². The molecule has 1 heterocycles. The van der Waals surface area contributed by atoms with Crippen LogP contribution in [0.15, 0.2) is 0 Å². The maximum absolute atomic E-state index is 12.5. The van der Waals surface area contributed by atoms with E-state index >= 15 is 0 Å². The van der Waals surface area contributed by atoms with Gasteiger partial charge in [0.2, 0.25) is 5.91 Å². The van der Waals surface area contributed by atoms with E-state index in [0.717, 1.165) is 11.3 Å². The van der Waals surface area contributed by atoms with Crippen molar-refractivity contribution in [3.63, 3.8) is 0 Å². The predicted octanol–water partition coefficient (Wildman–Crippen LogP) is 1.85. The normalized spacial score (nSPS) is 18.3. The Morgan fingerprint density at radius 3 is 2.18 bits per heavy atom. The largest absolute Gasteiger partial charge is 0.341 e. The van der Waals surface area contributed by atoms with E-state index in [1.54, 1.807) is 4.90 Å². The fourth-order valence-corrected chi connectivity index (χ4v) is 2.61. The summed E-state index contributed by atoms with van der Waals surface area (Å²) in [6, 6.07) is -0.931. The zero-order valence-corrected chi connectivity index (χ0v) is 14.4. The van der Waals surface area contributed by atoms with E-state index in [9.17, 15) is 14.4 Å². The highest BCUT2D eigenvalue weighted by Crippen LogP contribution is 2.12. The first-order valence-corrected chi connectivity index (χ1v) is 8.15. The van der Waals surface area contributed by atoms with E-state index < -0.39 is 12.1 Å². The molecule has 1 saturated heterocycles. The highest BCUT2D eigenvalue weighted by molar-refractivity contribution is 6.06. The molecular weight excluding hydrogens is 282 g/mol. The maximum Gasteiger partial charge on any atom is 0.325 e. The van der Waals surface area contributed by atoms with Gasteiger partial charge in [-0.3, -0.25) is 14.5 Å². The van der Waals surface area contributed by atoms with Crippen LogP contribution >= 0.6 is 0 Å². The lowest BCUT2D eigenvalue weighted by Crippen LogP contribution is -2.45. The molecular formula is C16H29N3O3. The first-order valence-electron chi connectivity index (χ1n) is 8.15. The minimum Gasteiger partial charge on any atom is -0.341 e. The van der Waals surface area contributed by atoms with Crippen LogP contribution in [0.1, 0.15) is 47.5 Å². The van der Waals surface area contributed by atoms with Crippen molar-refractivity contribution < 1.29 is 14.4 Å². The number of rotatable bonds is 8. The van der Waals surface area contributed by atoms with Gasteiger partial charge in [-0.05, 0) is 18.3 Å². The number of carbonyl (C=O) groups is 3. The van der Waals surface area contributed by atoms with Crippen LogP contribution in [0, 0.1) is 11.8 Å². The van der Waals surface area contributed by atoms with Crippen molar-refractivity contribution in [2.75, 3.05) is 19.6 Å². The predicted molar refractivity (Wildman–Crippen MR) is 85.2 cm³/mol. The molecule has 6 nitrogen and oxygen atoms in total. The number of nitrogens with zero attached hydrogens (tertiary/aromatic N) is 2. The Labute approximate surface area is 133 Å². The SMILES string of the molecule is CCCC1NC(=O)N(CC(=O)N(CC(C)C)CC(C)C)C1=O. The zero-order valence-electron chi connectivity index (χ0n) is 14.4. The van der Waals surface area contributed by atoms with Crippen molar-refractivity contribution in [2.24, 2.45) is 11.8 Å². The first-order chi connectivity index (χ1) is 10.3. The summed E-state index contributed by atoms with van der Waals surface area (Å²) < 4.78 is 0. The Hall–Kier alpha value is -1.59. The van der Waals surface area contributed by atoms with Gasteiger partial charge in [-0.1, -0.05) is 41.0 Å². The first kappa shape index (κ1) is 18.5. The molecule has 6 heteroatoms. The molecule has 0 aromatic rings. The highest BCUT2D eigenvalue weighted by Gasteiger charge is 2.38. The smallest absolute Gasteiger partial charge is 0.325 e. The highest BCUT2D eigenvalue weighted by atomic mass is 16.2. The summed E-state index contributed by atoms with van der Waals surface area (Å²) in [5.41, 5.74) is 0. The maximum atomic E-state index is 12.5. The number of imide groups is 1. The molecule has 1 fully saturated rings. The second-order valence-electron chi connectivity index (χ2n) is 6.80. The van der Waals surface area contributed by atoms with Crippen molar-refractivity contribution in [3.05, 3.63) is 0 Å². The number of carbonyl (C=O) groups excluding carboxylic acids is 3. The molecule has 1 aliphatic rings. The van der Waals surface area contributed by atoms with Crippen LogP contribution < -0.4 is 5.32 Å². The van der Waals surface area contributed by atoms with Crippen LogP contribution in [0.4, 0.5) is 4.79 Å². The zero-order chi connectivity index (χ0) is 16.9. The van der Waals surface area contributed by atoms with Crippen LogP contribution in [-0.2, 0) is 9.59 Å². The van der Waals surface area contributed by atoms with E-state index in [2.05, 4.69) is 5.32 Å². The lowest BCUT2D eigenvalue weighted by molar-refractivity contribution is -0.138. The van der Waals surface area contributed by atoms with Gasteiger partial charge in [0.25, 0.3) is 5.91 Å². The monoisotopic (exact) mass is 311 g/mol. The molecule has 0 aliphatic carbocycles. The second-order valence-corrected chi connectivity index (χ2v) is 6.80. The van der Waals surface area contributed by atoms with Gasteiger partial charge in [0.15, 0.2) is 0 Å². The fourth-order valence-electron chi connectivity index (χ4n) is 2.61. The molecule has 0 bridgehead atoms. The average Bonchev–Trinajstić information content (AvgIpc) is 2.65. The van der Waals surface area contributed by atoms with Crippen LogP contribution in [-0.4, -0.2) is 53.3 Å². The van der Waals surface area contributed by atoms with E-state index in [-0.39, 0.29) is 18.4 Å². The summed E-state index contributed by atoms with van der Waals surface area (Å²) >= 11 is 0. The van der Waals surface area contributed by atoms with E-state index in [1.165, 1.54) is 0 Å². The molecule has 4 amide bonds. The summed E-state index contributed by atoms with van der Waals surface area (Å²) in [7, 11) is 0. The molecule has 1 aliphatic heterocycles. The molecule has 0 aromatic carbocycles. The molecule has 22 heavy (non-hydrogen) atoms. The van der Waals surface area contributed by atoms with Gasteiger partial charge < -0.3 is 10.2 Å². The molecule has 1 rings (SSSR count). The lowest BCUT2D eigenvalue weighted by atomic mass is 10.1. The molecule has 0 aromatic heterocycles. The van der Waals surface area contributed by atoms with Crippen molar-refractivity contribution >= 4 is 17.8 Å². The fraction of sp³-hybridized carbons (Fsp3) is 0.812. The topological polar surface area (TPSA) is 69.7 Å². The number of amides is 4. The Morgan fingerprint density at radius 2 is 1.73 bits per heavy atom. The third-order valence-corrected chi connectivity index (χ3v) is 3.50. The van der Waals surface area contributed by atoms with Crippen molar-refractivity contribution in [2.45, 2.75) is 53.5 Å². The molecule has 1 unspecified atom stereocenters. The van der Waals surface area contributed by atoms with Gasteiger partial charge in [0.1, 0.15) is 12.6 Å². The second kappa shape index (κ2) is 8.15. The number of nitrogens with one attached hydrogen (secondary N) is 1. The standard InChI is InChI=1S/C16H29N3O3/c1-6-7-13-15(21)19(16(22)17-13)10-14(20)18(8-11(2)3)9-12(4)5/h11-13H,6-10H2,1-5H3,(H,17,22). The van der Waals surface area contributed by atoms with E-state index in [4.69, 9.17) is 0 Å². The molecule has 0 spiro atoms. The number of hydrogen-bond acceptors (Lipinski definition) is 3. The lowest BCUT2D eigenvalue weighted by Gasteiger charge is -2.27. The molecule has 1 N–H and O–H groups in total. The quantitative estimate of drug-likeness (QED) is 0.695. The molecule has 0 saturated carbocycles. The van der Waals surface area contributed by atoms with E-state index in [1.807, 2.05) is 34.6 Å². The van der Waals surface area contributed by atoms with E-state index in [0.29, 0.717) is 31.3 Å². The summed E-state index contributed by atoms with van der Waals surface area (Å²) in [5, 5.41) is 2.65. The Morgan fingerprint density at radius 1 is 1.18 bits per heavy atom. The van der Waals surface area contributed by atoms with Gasteiger partial charge >= 0.3 is 6.03 Å². The van der Waals surface area contributed by atoms with Crippen LogP contribution in [0.5, 0.6) is 0 Å². The summed E-state index contributed by atoms with van der Waals surface area (Å²) in [5.74, 6) is 0.245. The molecule has 126 valence electrons. The van der Waals surface area contributed by atoms with Crippen LogP contribution in [0.3, 0.4) is 0 Å². The summed E-state index contributed by atoms with van der Waals surface area (Å²) in [6.07, 6.45) is 1.42. The molecule has 1 atom stereocenters. The summed E-state index contributed by atoms with van der Waals surface area (Å²) in [6.45, 7) is 11.3. The third-order valence-electron chi connectivity index (χ3n) is 3.50. The van der Waals surface area contributed by atoms with Crippen molar-refractivity contribution in [3.8, 4) is 0 Å². The minimum absolute atomic E-state index is 0.162. The Kier molecular flexibility index (Phi) is 6.84. The Balaban J connectivity index is 2.71. The average molecular weight is 311 g/mol. The van der Waals surface area contributed by atoms with Crippen LogP contribution in [0.2, 0.25) is 0 Å². The third kappa shape index (κ3) is 5.00. The number of hydrogen-bond donors (Lipinski definition) is 1. The van der Waals surface area contributed by atoms with Gasteiger partial charge in [-0.25, -0.2) is 4.79 Å². The van der Waals surface area contributed by atoms with Gasteiger partial charge in [-0.15, -0.1) is 0 Å². The minimum atomic E-state index is -0.478. The molecule has 0 radical (unpaired) electrons.